The third-order valence-electron chi connectivity index (χ3n) is 9.69. The fourth-order valence-corrected chi connectivity index (χ4v) is 7.50. The van der Waals surface area contributed by atoms with Crippen molar-refractivity contribution in [2.75, 3.05) is 7.11 Å². The lowest BCUT2D eigenvalue weighted by atomic mass is 9.71. The molecule has 0 bridgehead atoms. The van der Waals surface area contributed by atoms with Crippen molar-refractivity contribution < 1.29 is 22.3 Å². The molecule has 1 spiro atoms. The Morgan fingerprint density at radius 3 is 2.11 bits per heavy atom. The topological polar surface area (TPSA) is 22.1 Å². The maximum absolute atomic E-state index is 16.8. The van der Waals surface area contributed by atoms with Crippen LogP contribution in [0.4, 0.5) is 17.6 Å². The Morgan fingerprint density at radius 2 is 1.51 bits per heavy atom. The fraction of sp³-hybridized carbons (Fsp3) is 0.645. The molecule has 2 aromatic rings. The quantitative estimate of drug-likeness (QED) is 0.370. The smallest absolute Gasteiger partial charge is 0.377 e. The summed E-state index contributed by atoms with van der Waals surface area (Å²) in [5.41, 5.74) is 4.68. The van der Waals surface area contributed by atoms with E-state index in [0.717, 1.165) is 98.9 Å². The van der Waals surface area contributed by atoms with E-state index in [1.807, 2.05) is 0 Å². The largest absolute Gasteiger partial charge is 0.416 e. The monoisotopic (exact) mass is 515 g/mol. The number of hydrogen-bond acceptors (Lipinski definition) is 2. The molecule has 6 heteroatoms. The molecule has 1 heterocycles. The standard InChI is InChI=1S/C31H37F4NO/c1-37-24-18-30(15-16-30)17-23-26(24)25(19-7-3-2-4-8-19)27(29(36-23)21-9-5-6-10-21)28(32)20-11-13-22(14-12-20)31(33,34)35/h11-14,19,21,24,28H,2-10,15-18H2,1H3/t24-,28-/m0/s1. The summed E-state index contributed by atoms with van der Waals surface area (Å²) in [6.07, 6.45) is 7.99. The van der Waals surface area contributed by atoms with E-state index in [0.29, 0.717) is 5.56 Å². The Bertz CT molecular complexity index is 1130. The molecule has 0 aliphatic heterocycles. The summed E-state index contributed by atoms with van der Waals surface area (Å²) in [5, 5.41) is 0. The van der Waals surface area contributed by atoms with E-state index in [1.165, 1.54) is 31.4 Å². The molecule has 1 aromatic heterocycles. The summed E-state index contributed by atoms with van der Waals surface area (Å²) in [6, 6.07) is 4.67. The predicted molar refractivity (Wildman–Crippen MR) is 135 cm³/mol. The van der Waals surface area contributed by atoms with Crippen LogP contribution in [0.5, 0.6) is 0 Å². The second-order valence-electron chi connectivity index (χ2n) is 12.1. The van der Waals surface area contributed by atoms with Crippen molar-refractivity contribution in [2.24, 2.45) is 5.41 Å². The van der Waals surface area contributed by atoms with Crippen molar-refractivity contribution in [2.45, 2.75) is 114 Å². The van der Waals surface area contributed by atoms with Gasteiger partial charge in [0.05, 0.1) is 17.4 Å². The van der Waals surface area contributed by atoms with E-state index in [4.69, 9.17) is 9.72 Å². The molecule has 3 saturated carbocycles. The zero-order chi connectivity index (χ0) is 25.8. The molecular weight excluding hydrogens is 478 g/mol. The SMILES string of the molecule is CO[C@H]1CC2(CC2)Cc2nc(C3CCCC3)c([C@@H](F)c3ccc(C(F)(F)F)cc3)c(C3CCCCC3)c21. The molecule has 0 saturated heterocycles. The summed E-state index contributed by atoms with van der Waals surface area (Å²) in [6.45, 7) is 0. The lowest BCUT2D eigenvalue weighted by molar-refractivity contribution is -0.137. The lowest BCUT2D eigenvalue weighted by Crippen LogP contribution is -2.28. The number of methoxy groups -OCH3 is 1. The van der Waals surface area contributed by atoms with Crippen molar-refractivity contribution in [1.82, 2.24) is 4.98 Å². The highest BCUT2D eigenvalue weighted by Gasteiger charge is 2.50. The van der Waals surface area contributed by atoms with Crippen LogP contribution in [0.25, 0.3) is 0 Å². The number of benzene rings is 1. The van der Waals surface area contributed by atoms with Gasteiger partial charge in [0.25, 0.3) is 0 Å². The van der Waals surface area contributed by atoms with Crippen LogP contribution in [0.15, 0.2) is 24.3 Å². The number of hydrogen-bond donors (Lipinski definition) is 0. The minimum Gasteiger partial charge on any atom is -0.377 e. The number of pyridine rings is 1. The fourth-order valence-electron chi connectivity index (χ4n) is 7.50. The molecule has 1 aromatic carbocycles. The first-order chi connectivity index (χ1) is 17.8. The molecule has 6 rings (SSSR count). The zero-order valence-electron chi connectivity index (χ0n) is 21.7. The Balaban J connectivity index is 1.54. The molecule has 2 atom stereocenters. The van der Waals surface area contributed by atoms with Crippen molar-refractivity contribution in [3.63, 3.8) is 0 Å². The minimum atomic E-state index is -4.44. The third kappa shape index (κ3) is 4.72. The molecule has 2 nitrogen and oxygen atoms in total. The van der Waals surface area contributed by atoms with Crippen LogP contribution in [0.2, 0.25) is 0 Å². The number of rotatable bonds is 5. The Morgan fingerprint density at radius 1 is 0.892 bits per heavy atom. The molecule has 4 aliphatic carbocycles. The summed E-state index contributed by atoms with van der Waals surface area (Å²) in [7, 11) is 1.76. The third-order valence-corrected chi connectivity index (χ3v) is 9.69. The second-order valence-corrected chi connectivity index (χ2v) is 12.1. The van der Waals surface area contributed by atoms with E-state index in [1.54, 1.807) is 7.11 Å². The highest BCUT2D eigenvalue weighted by atomic mass is 19.4. The number of ether oxygens (including phenoxy) is 1. The van der Waals surface area contributed by atoms with Crippen LogP contribution in [0, 0.1) is 5.41 Å². The van der Waals surface area contributed by atoms with Gasteiger partial charge < -0.3 is 4.74 Å². The highest BCUT2D eigenvalue weighted by molar-refractivity contribution is 5.51. The summed E-state index contributed by atoms with van der Waals surface area (Å²) in [5.74, 6) is 0.465. The van der Waals surface area contributed by atoms with Crippen LogP contribution in [-0.4, -0.2) is 12.1 Å². The molecule has 37 heavy (non-hydrogen) atoms. The number of aromatic nitrogens is 1. The maximum atomic E-state index is 16.8. The second kappa shape index (κ2) is 9.66. The van der Waals surface area contributed by atoms with Gasteiger partial charge in [-0.15, -0.1) is 0 Å². The summed E-state index contributed by atoms with van der Waals surface area (Å²) >= 11 is 0. The van der Waals surface area contributed by atoms with Crippen LogP contribution in [0.1, 0.15) is 140 Å². The summed E-state index contributed by atoms with van der Waals surface area (Å²) < 4.78 is 62.6. The Labute approximate surface area is 217 Å². The Hall–Kier alpha value is -1.95. The van der Waals surface area contributed by atoms with Crippen LogP contribution in [-0.2, 0) is 17.3 Å². The molecule has 0 amide bonds. The molecule has 3 fully saturated rings. The van der Waals surface area contributed by atoms with Gasteiger partial charge >= 0.3 is 6.18 Å². The molecule has 200 valence electrons. The van der Waals surface area contributed by atoms with E-state index in [9.17, 15) is 13.2 Å². The van der Waals surface area contributed by atoms with Gasteiger partial charge in [-0.05, 0) is 86.0 Å². The zero-order valence-corrected chi connectivity index (χ0v) is 21.7. The first kappa shape index (κ1) is 25.3. The number of alkyl halides is 4. The normalized spacial score (nSPS) is 24.8. The van der Waals surface area contributed by atoms with Gasteiger partial charge in [-0.1, -0.05) is 44.2 Å². The van der Waals surface area contributed by atoms with E-state index >= 15 is 4.39 Å². The van der Waals surface area contributed by atoms with Crippen LogP contribution >= 0.6 is 0 Å². The van der Waals surface area contributed by atoms with Crippen molar-refractivity contribution in [3.05, 3.63) is 63.5 Å². The molecule has 0 unspecified atom stereocenters. The molecule has 4 aliphatic rings. The van der Waals surface area contributed by atoms with E-state index in [-0.39, 0.29) is 28.9 Å². The average molecular weight is 516 g/mol. The van der Waals surface area contributed by atoms with E-state index in [2.05, 4.69) is 0 Å². The first-order valence-corrected chi connectivity index (χ1v) is 14.2. The van der Waals surface area contributed by atoms with Gasteiger partial charge in [0.15, 0.2) is 6.17 Å². The minimum absolute atomic E-state index is 0.0909. The van der Waals surface area contributed by atoms with Gasteiger partial charge in [-0.2, -0.15) is 13.2 Å². The van der Waals surface area contributed by atoms with Crippen molar-refractivity contribution >= 4 is 0 Å². The van der Waals surface area contributed by atoms with E-state index < -0.39 is 17.9 Å². The number of halogens is 4. The van der Waals surface area contributed by atoms with Gasteiger partial charge in [-0.25, -0.2) is 4.39 Å². The van der Waals surface area contributed by atoms with Gasteiger partial charge in [0.1, 0.15) is 0 Å². The van der Waals surface area contributed by atoms with Gasteiger partial charge in [0.2, 0.25) is 0 Å². The summed E-state index contributed by atoms with van der Waals surface area (Å²) in [4.78, 5) is 5.29. The maximum Gasteiger partial charge on any atom is 0.416 e. The van der Waals surface area contributed by atoms with Gasteiger partial charge in [-0.3, -0.25) is 4.98 Å². The average Bonchev–Trinajstić information content (AvgIpc) is 3.41. The number of fused-ring (bicyclic) bond motifs is 1. The van der Waals surface area contributed by atoms with Crippen molar-refractivity contribution in [1.29, 1.82) is 0 Å². The highest BCUT2D eigenvalue weighted by Crippen LogP contribution is 2.60. The number of nitrogens with zero attached hydrogens (tertiary/aromatic N) is 1. The first-order valence-electron chi connectivity index (χ1n) is 14.2. The van der Waals surface area contributed by atoms with Crippen molar-refractivity contribution in [3.8, 4) is 0 Å². The predicted octanol–water partition coefficient (Wildman–Crippen LogP) is 9.28. The van der Waals surface area contributed by atoms with Crippen LogP contribution in [0.3, 0.4) is 0 Å². The lowest BCUT2D eigenvalue weighted by Gasteiger charge is -2.38. The van der Waals surface area contributed by atoms with Crippen LogP contribution < -0.4 is 0 Å². The molecular formula is C31H37F4NO. The molecule has 0 N–H and O–H groups in total. The van der Waals surface area contributed by atoms with Gasteiger partial charge in [0, 0.05) is 29.8 Å². The molecule has 0 radical (unpaired) electrons. The Kier molecular flexibility index (Phi) is 6.61.